The van der Waals surface area contributed by atoms with Crippen LogP contribution in [0, 0.1) is 5.82 Å². The average molecular weight is 279 g/mol. The van der Waals surface area contributed by atoms with Crippen molar-refractivity contribution >= 4 is 17.5 Å². The van der Waals surface area contributed by atoms with E-state index in [9.17, 15) is 14.0 Å². The fourth-order valence-electron chi connectivity index (χ4n) is 2.02. The highest BCUT2D eigenvalue weighted by Crippen LogP contribution is 2.23. The largest absolute Gasteiger partial charge is 0.343 e. The number of carbonyl (C=O) groups is 2. The highest BCUT2D eigenvalue weighted by Gasteiger charge is 2.29. The van der Waals surface area contributed by atoms with E-state index in [2.05, 4.69) is 10.6 Å². The van der Waals surface area contributed by atoms with E-state index in [1.807, 2.05) is 0 Å². The first kappa shape index (κ1) is 14.5. The van der Waals surface area contributed by atoms with Crippen molar-refractivity contribution in [1.82, 2.24) is 5.32 Å². The minimum absolute atomic E-state index is 0.312. The van der Waals surface area contributed by atoms with E-state index >= 15 is 0 Å². The Morgan fingerprint density at radius 3 is 2.85 bits per heavy atom. The lowest BCUT2D eigenvalue weighted by atomic mass is 10.0. The maximum Gasteiger partial charge on any atom is 0.246 e. The molecule has 0 unspecified atom stereocenters. The second kappa shape index (κ2) is 5.20. The Labute approximate surface area is 116 Å². The van der Waals surface area contributed by atoms with Gasteiger partial charge < -0.3 is 16.4 Å². The SMILES string of the molecule is CC(C)(N)C(=O)N[C@@H]1CCc2cc(F)ccc2NC1=O. The average Bonchev–Trinajstić information content (AvgIpc) is 2.49. The number of hydrogen-bond donors (Lipinski definition) is 3. The maximum atomic E-state index is 13.2. The van der Waals surface area contributed by atoms with Gasteiger partial charge in [-0.05, 0) is 50.5 Å². The molecule has 1 aromatic carbocycles. The first-order chi connectivity index (χ1) is 9.27. The second-order valence-electron chi connectivity index (χ2n) is 5.58. The van der Waals surface area contributed by atoms with Gasteiger partial charge in [-0.15, -0.1) is 0 Å². The number of halogens is 1. The third-order valence-corrected chi connectivity index (χ3v) is 3.23. The second-order valence-corrected chi connectivity index (χ2v) is 5.58. The van der Waals surface area contributed by atoms with Gasteiger partial charge in [0.2, 0.25) is 11.8 Å². The molecular formula is C14H18FN3O2. The Kier molecular flexibility index (Phi) is 3.76. The molecule has 0 aromatic heterocycles. The number of fused-ring (bicyclic) bond motifs is 1. The number of nitrogens with two attached hydrogens (primary N) is 1. The molecule has 4 N–H and O–H groups in total. The van der Waals surface area contributed by atoms with Crippen LogP contribution in [0.4, 0.5) is 10.1 Å². The van der Waals surface area contributed by atoms with Gasteiger partial charge in [0.15, 0.2) is 0 Å². The number of benzene rings is 1. The van der Waals surface area contributed by atoms with Gasteiger partial charge in [0.25, 0.3) is 0 Å². The van der Waals surface area contributed by atoms with Gasteiger partial charge in [0, 0.05) is 5.69 Å². The highest BCUT2D eigenvalue weighted by atomic mass is 19.1. The van der Waals surface area contributed by atoms with Crippen molar-refractivity contribution in [3.8, 4) is 0 Å². The fourth-order valence-corrected chi connectivity index (χ4v) is 2.02. The van der Waals surface area contributed by atoms with Crippen molar-refractivity contribution in [2.24, 2.45) is 5.73 Å². The van der Waals surface area contributed by atoms with Gasteiger partial charge in [-0.25, -0.2) is 4.39 Å². The molecule has 108 valence electrons. The van der Waals surface area contributed by atoms with Crippen LogP contribution in [0.15, 0.2) is 18.2 Å². The normalized spacial score (nSPS) is 18.8. The van der Waals surface area contributed by atoms with E-state index in [-0.39, 0.29) is 11.7 Å². The molecule has 1 atom stereocenters. The molecular weight excluding hydrogens is 261 g/mol. The van der Waals surface area contributed by atoms with E-state index in [1.54, 1.807) is 13.8 Å². The maximum absolute atomic E-state index is 13.2. The minimum Gasteiger partial charge on any atom is -0.343 e. The summed E-state index contributed by atoms with van der Waals surface area (Å²) < 4.78 is 13.2. The number of aryl methyl sites for hydroxylation is 1. The Morgan fingerprint density at radius 2 is 2.20 bits per heavy atom. The molecule has 0 radical (unpaired) electrons. The van der Waals surface area contributed by atoms with Gasteiger partial charge >= 0.3 is 0 Å². The minimum atomic E-state index is -1.05. The molecule has 0 saturated carbocycles. The van der Waals surface area contributed by atoms with Crippen LogP contribution in [0.5, 0.6) is 0 Å². The standard InChI is InChI=1S/C14H18FN3O2/c1-14(2,16)13(20)18-11-5-3-8-7-9(15)4-6-10(8)17-12(11)19/h4,6-7,11H,3,5,16H2,1-2H3,(H,17,19)(H,18,20)/t11-/m1/s1. The summed E-state index contributed by atoms with van der Waals surface area (Å²) in [5.41, 5.74) is 5.95. The van der Waals surface area contributed by atoms with E-state index < -0.39 is 17.5 Å². The van der Waals surface area contributed by atoms with E-state index in [4.69, 9.17) is 5.73 Å². The third-order valence-electron chi connectivity index (χ3n) is 3.23. The lowest BCUT2D eigenvalue weighted by Crippen LogP contribution is -2.54. The highest BCUT2D eigenvalue weighted by molar-refractivity contribution is 5.99. The molecule has 0 fully saturated rings. The summed E-state index contributed by atoms with van der Waals surface area (Å²) in [6.45, 7) is 3.14. The number of hydrogen-bond acceptors (Lipinski definition) is 3. The molecule has 0 aliphatic carbocycles. The summed E-state index contributed by atoms with van der Waals surface area (Å²) in [5.74, 6) is -1.05. The molecule has 5 nitrogen and oxygen atoms in total. The summed E-state index contributed by atoms with van der Waals surface area (Å²) >= 11 is 0. The lowest BCUT2D eigenvalue weighted by molar-refractivity contribution is -0.129. The predicted molar refractivity (Wildman–Crippen MR) is 73.5 cm³/mol. The quantitative estimate of drug-likeness (QED) is 0.753. The van der Waals surface area contributed by atoms with Crippen molar-refractivity contribution < 1.29 is 14.0 Å². The Balaban J connectivity index is 2.14. The molecule has 0 bridgehead atoms. The lowest BCUT2D eigenvalue weighted by Gasteiger charge is -2.22. The summed E-state index contributed by atoms with van der Waals surface area (Å²) in [4.78, 5) is 23.9. The van der Waals surface area contributed by atoms with E-state index in [0.717, 1.165) is 5.56 Å². The molecule has 6 heteroatoms. The van der Waals surface area contributed by atoms with Gasteiger partial charge in [0.05, 0.1) is 5.54 Å². The van der Waals surface area contributed by atoms with Crippen LogP contribution in [-0.2, 0) is 16.0 Å². The molecule has 0 saturated heterocycles. The van der Waals surface area contributed by atoms with Crippen LogP contribution in [0.3, 0.4) is 0 Å². The van der Waals surface area contributed by atoms with Crippen LogP contribution in [0.2, 0.25) is 0 Å². The Hall–Kier alpha value is -1.95. The Morgan fingerprint density at radius 1 is 1.50 bits per heavy atom. The monoisotopic (exact) mass is 279 g/mol. The number of rotatable bonds is 2. The van der Waals surface area contributed by atoms with Crippen molar-refractivity contribution in [2.75, 3.05) is 5.32 Å². The zero-order chi connectivity index (χ0) is 14.9. The van der Waals surface area contributed by atoms with Gasteiger partial charge in [-0.2, -0.15) is 0 Å². The topological polar surface area (TPSA) is 84.2 Å². The van der Waals surface area contributed by atoms with Crippen molar-refractivity contribution in [2.45, 2.75) is 38.3 Å². The zero-order valence-electron chi connectivity index (χ0n) is 11.5. The molecule has 20 heavy (non-hydrogen) atoms. The molecule has 1 aliphatic heterocycles. The van der Waals surface area contributed by atoms with E-state index in [1.165, 1.54) is 18.2 Å². The molecule has 0 spiro atoms. The third kappa shape index (κ3) is 3.14. The van der Waals surface area contributed by atoms with Crippen LogP contribution in [0.25, 0.3) is 0 Å². The van der Waals surface area contributed by atoms with Gasteiger partial charge in [0.1, 0.15) is 11.9 Å². The fraction of sp³-hybridized carbons (Fsp3) is 0.429. The van der Waals surface area contributed by atoms with Crippen LogP contribution in [-0.4, -0.2) is 23.4 Å². The van der Waals surface area contributed by atoms with Crippen LogP contribution < -0.4 is 16.4 Å². The number of nitrogens with one attached hydrogen (secondary N) is 2. The number of carbonyl (C=O) groups excluding carboxylic acids is 2. The van der Waals surface area contributed by atoms with Gasteiger partial charge in [-0.1, -0.05) is 0 Å². The molecule has 1 aromatic rings. The zero-order valence-corrected chi connectivity index (χ0v) is 11.5. The van der Waals surface area contributed by atoms with Crippen LogP contribution >= 0.6 is 0 Å². The molecule has 1 aliphatic rings. The summed E-state index contributed by atoms with van der Waals surface area (Å²) in [6.07, 6.45) is 0.909. The first-order valence-corrected chi connectivity index (χ1v) is 6.46. The molecule has 2 amide bonds. The predicted octanol–water partition coefficient (Wildman–Crippen LogP) is 0.932. The Bertz CT molecular complexity index is 552. The van der Waals surface area contributed by atoms with Crippen LogP contribution in [0.1, 0.15) is 25.8 Å². The summed E-state index contributed by atoms with van der Waals surface area (Å²) in [7, 11) is 0. The summed E-state index contributed by atoms with van der Waals surface area (Å²) in [6, 6.07) is 3.55. The first-order valence-electron chi connectivity index (χ1n) is 6.46. The summed E-state index contributed by atoms with van der Waals surface area (Å²) in [5, 5.41) is 5.32. The smallest absolute Gasteiger partial charge is 0.246 e. The van der Waals surface area contributed by atoms with Crippen molar-refractivity contribution in [1.29, 1.82) is 0 Å². The number of anilines is 1. The van der Waals surface area contributed by atoms with Crippen molar-refractivity contribution in [3.05, 3.63) is 29.6 Å². The molecule has 1 heterocycles. The number of amides is 2. The van der Waals surface area contributed by atoms with Crippen molar-refractivity contribution in [3.63, 3.8) is 0 Å². The van der Waals surface area contributed by atoms with Gasteiger partial charge in [-0.3, -0.25) is 9.59 Å². The van der Waals surface area contributed by atoms with E-state index in [0.29, 0.717) is 18.5 Å². The molecule has 2 rings (SSSR count).